The van der Waals surface area contributed by atoms with Crippen LogP contribution < -0.4 is 5.73 Å². The van der Waals surface area contributed by atoms with Crippen molar-refractivity contribution < 1.29 is 18.3 Å². The van der Waals surface area contributed by atoms with E-state index < -0.39 is 18.0 Å². The van der Waals surface area contributed by atoms with Crippen molar-refractivity contribution in [3.05, 3.63) is 42.0 Å². The Balaban J connectivity index is 2.71. The summed E-state index contributed by atoms with van der Waals surface area (Å²) in [5.74, 6) is -0.437. The SMILES string of the molecule is NC(c1c(O)ccc2ccccc12)C(F)(F)F. The van der Waals surface area contributed by atoms with Gasteiger partial charge in [0.25, 0.3) is 0 Å². The molecule has 2 nitrogen and oxygen atoms in total. The van der Waals surface area contributed by atoms with Gasteiger partial charge in [-0.3, -0.25) is 0 Å². The van der Waals surface area contributed by atoms with Crippen LogP contribution in [0.2, 0.25) is 0 Å². The average molecular weight is 241 g/mol. The van der Waals surface area contributed by atoms with E-state index in [0.29, 0.717) is 10.8 Å². The van der Waals surface area contributed by atoms with Crippen LogP contribution in [-0.4, -0.2) is 11.3 Å². The van der Waals surface area contributed by atoms with Gasteiger partial charge in [-0.2, -0.15) is 13.2 Å². The Morgan fingerprint density at radius 2 is 1.71 bits per heavy atom. The third kappa shape index (κ3) is 2.06. The number of hydrogen-bond donors (Lipinski definition) is 2. The summed E-state index contributed by atoms with van der Waals surface area (Å²) in [6.07, 6.45) is -4.58. The number of phenols is 1. The van der Waals surface area contributed by atoms with Crippen molar-refractivity contribution in [3.63, 3.8) is 0 Å². The summed E-state index contributed by atoms with van der Waals surface area (Å²) in [5, 5.41) is 10.5. The molecule has 0 saturated heterocycles. The van der Waals surface area contributed by atoms with E-state index in [1.165, 1.54) is 12.1 Å². The van der Waals surface area contributed by atoms with Gasteiger partial charge in [-0.25, -0.2) is 0 Å². The molecular weight excluding hydrogens is 231 g/mol. The minimum absolute atomic E-state index is 0.282. The van der Waals surface area contributed by atoms with Crippen LogP contribution >= 0.6 is 0 Å². The summed E-state index contributed by atoms with van der Waals surface area (Å²) >= 11 is 0. The first kappa shape index (κ1) is 11.7. The highest BCUT2D eigenvalue weighted by atomic mass is 19.4. The van der Waals surface area contributed by atoms with Gasteiger partial charge in [0.2, 0.25) is 0 Å². The Kier molecular flexibility index (Phi) is 2.71. The summed E-state index contributed by atoms with van der Waals surface area (Å²) in [6, 6.07) is 7.09. The van der Waals surface area contributed by atoms with Gasteiger partial charge in [0.15, 0.2) is 0 Å². The fourth-order valence-electron chi connectivity index (χ4n) is 1.77. The third-order valence-electron chi connectivity index (χ3n) is 2.61. The quantitative estimate of drug-likeness (QED) is 0.805. The molecule has 0 aliphatic heterocycles. The van der Waals surface area contributed by atoms with Gasteiger partial charge < -0.3 is 10.8 Å². The molecule has 1 unspecified atom stereocenters. The molecule has 0 aliphatic carbocycles. The molecule has 0 fully saturated rings. The first-order chi connectivity index (χ1) is 7.91. The number of benzene rings is 2. The highest BCUT2D eigenvalue weighted by molar-refractivity contribution is 5.88. The van der Waals surface area contributed by atoms with E-state index in [2.05, 4.69) is 0 Å². The lowest BCUT2D eigenvalue weighted by Gasteiger charge is -2.19. The minimum atomic E-state index is -4.58. The highest BCUT2D eigenvalue weighted by Gasteiger charge is 2.40. The molecular formula is C12H10F3NO. The van der Waals surface area contributed by atoms with Crippen molar-refractivity contribution in [1.82, 2.24) is 0 Å². The van der Waals surface area contributed by atoms with Gasteiger partial charge in [-0.1, -0.05) is 30.3 Å². The summed E-state index contributed by atoms with van der Waals surface area (Å²) in [7, 11) is 0. The van der Waals surface area contributed by atoms with Gasteiger partial charge >= 0.3 is 6.18 Å². The lowest BCUT2D eigenvalue weighted by atomic mass is 9.98. The van der Waals surface area contributed by atoms with E-state index in [1.807, 2.05) is 0 Å². The van der Waals surface area contributed by atoms with Crippen LogP contribution in [-0.2, 0) is 0 Å². The maximum absolute atomic E-state index is 12.6. The lowest BCUT2D eigenvalue weighted by molar-refractivity contribution is -0.149. The lowest BCUT2D eigenvalue weighted by Crippen LogP contribution is -2.28. The summed E-state index contributed by atoms with van der Waals surface area (Å²) in [5.41, 5.74) is 4.87. The number of halogens is 3. The van der Waals surface area contributed by atoms with E-state index in [4.69, 9.17) is 5.73 Å². The number of alkyl halides is 3. The zero-order chi connectivity index (χ0) is 12.6. The topological polar surface area (TPSA) is 46.2 Å². The molecule has 3 N–H and O–H groups in total. The highest BCUT2D eigenvalue weighted by Crippen LogP contribution is 2.39. The molecule has 1 atom stereocenters. The second kappa shape index (κ2) is 3.92. The fourth-order valence-corrected chi connectivity index (χ4v) is 1.77. The number of nitrogens with two attached hydrogens (primary N) is 1. The number of rotatable bonds is 1. The Labute approximate surface area is 95.5 Å². The number of fused-ring (bicyclic) bond motifs is 1. The summed E-state index contributed by atoms with van der Waals surface area (Å²) < 4.78 is 37.8. The van der Waals surface area contributed by atoms with Crippen molar-refractivity contribution in [1.29, 1.82) is 0 Å². The Morgan fingerprint density at radius 3 is 2.35 bits per heavy atom. The zero-order valence-corrected chi connectivity index (χ0v) is 8.70. The largest absolute Gasteiger partial charge is 0.508 e. The molecule has 2 aromatic carbocycles. The summed E-state index contributed by atoms with van der Waals surface area (Å²) in [4.78, 5) is 0. The van der Waals surface area contributed by atoms with Crippen LogP contribution in [0, 0.1) is 0 Å². The van der Waals surface area contributed by atoms with Gasteiger partial charge in [0.05, 0.1) is 0 Å². The zero-order valence-electron chi connectivity index (χ0n) is 8.70. The number of phenolic OH excluding ortho intramolecular Hbond substituents is 1. The van der Waals surface area contributed by atoms with Gasteiger partial charge in [-0.05, 0) is 16.8 Å². The molecule has 0 bridgehead atoms. The smallest absolute Gasteiger partial charge is 0.407 e. The van der Waals surface area contributed by atoms with Crippen LogP contribution in [0.25, 0.3) is 10.8 Å². The fraction of sp³-hybridized carbons (Fsp3) is 0.167. The van der Waals surface area contributed by atoms with Crippen LogP contribution in [0.3, 0.4) is 0 Å². The van der Waals surface area contributed by atoms with Gasteiger partial charge in [-0.15, -0.1) is 0 Å². The van der Waals surface area contributed by atoms with Gasteiger partial charge in [0, 0.05) is 5.56 Å². The normalized spacial score (nSPS) is 13.9. The monoisotopic (exact) mass is 241 g/mol. The molecule has 0 saturated carbocycles. The van der Waals surface area contributed by atoms with Crippen molar-refractivity contribution in [2.24, 2.45) is 5.73 Å². The third-order valence-corrected chi connectivity index (χ3v) is 2.61. The van der Waals surface area contributed by atoms with Crippen LogP contribution in [0.1, 0.15) is 11.6 Å². The average Bonchev–Trinajstić information content (AvgIpc) is 2.27. The molecule has 5 heteroatoms. The number of aromatic hydroxyl groups is 1. The first-order valence-corrected chi connectivity index (χ1v) is 4.94. The second-order valence-corrected chi connectivity index (χ2v) is 3.74. The molecule has 0 radical (unpaired) electrons. The van der Waals surface area contributed by atoms with E-state index >= 15 is 0 Å². The van der Waals surface area contributed by atoms with Crippen molar-refractivity contribution in [3.8, 4) is 5.75 Å². The Bertz CT molecular complexity index is 551. The maximum atomic E-state index is 12.6. The molecule has 0 amide bonds. The minimum Gasteiger partial charge on any atom is -0.508 e. The van der Waals surface area contributed by atoms with Crippen molar-refractivity contribution in [2.45, 2.75) is 12.2 Å². The van der Waals surface area contributed by atoms with Crippen LogP contribution in [0.4, 0.5) is 13.2 Å². The molecule has 2 aromatic rings. The Morgan fingerprint density at radius 1 is 1.06 bits per heavy atom. The van der Waals surface area contributed by atoms with E-state index in [1.54, 1.807) is 24.3 Å². The Hall–Kier alpha value is -1.75. The first-order valence-electron chi connectivity index (χ1n) is 4.94. The summed E-state index contributed by atoms with van der Waals surface area (Å²) in [6.45, 7) is 0. The number of hydrogen-bond acceptors (Lipinski definition) is 2. The molecule has 2 rings (SSSR count). The predicted molar refractivity (Wildman–Crippen MR) is 58.6 cm³/mol. The molecule has 0 spiro atoms. The molecule has 0 heterocycles. The van der Waals surface area contributed by atoms with Gasteiger partial charge in [0.1, 0.15) is 11.8 Å². The maximum Gasteiger partial charge on any atom is 0.407 e. The van der Waals surface area contributed by atoms with E-state index in [-0.39, 0.29) is 5.56 Å². The molecule has 0 aliphatic rings. The van der Waals surface area contributed by atoms with E-state index in [9.17, 15) is 18.3 Å². The standard InChI is InChI=1S/C12H10F3NO/c13-12(14,15)11(16)10-8-4-2-1-3-7(8)5-6-9(10)17/h1-6,11,17H,16H2. The molecule has 0 aromatic heterocycles. The van der Waals surface area contributed by atoms with Crippen LogP contribution in [0.15, 0.2) is 36.4 Å². The van der Waals surface area contributed by atoms with Crippen molar-refractivity contribution >= 4 is 10.8 Å². The molecule has 17 heavy (non-hydrogen) atoms. The van der Waals surface area contributed by atoms with Crippen molar-refractivity contribution in [2.75, 3.05) is 0 Å². The van der Waals surface area contributed by atoms with Crippen LogP contribution in [0.5, 0.6) is 5.75 Å². The second-order valence-electron chi connectivity index (χ2n) is 3.74. The predicted octanol–water partition coefficient (Wildman–Crippen LogP) is 3.11. The van der Waals surface area contributed by atoms with E-state index in [0.717, 1.165) is 0 Å². The molecule has 90 valence electrons.